The quantitative estimate of drug-likeness (QED) is 0.410. The second-order valence-corrected chi connectivity index (χ2v) is 3.57. The second-order valence-electron chi connectivity index (χ2n) is 3.57. The van der Waals surface area contributed by atoms with Gasteiger partial charge in [0, 0.05) is 6.20 Å². The Morgan fingerprint density at radius 3 is 3.00 bits per heavy atom. The molecule has 0 bridgehead atoms. The second kappa shape index (κ2) is 5.07. The maximum Gasteiger partial charge on any atom is 0.0717 e. The van der Waals surface area contributed by atoms with Crippen molar-refractivity contribution in [1.82, 2.24) is 5.48 Å². The van der Waals surface area contributed by atoms with E-state index in [1.807, 2.05) is 13.1 Å². The van der Waals surface area contributed by atoms with Crippen LogP contribution in [0.15, 0.2) is 23.4 Å². The lowest BCUT2D eigenvalue weighted by Crippen LogP contribution is -2.11. The highest BCUT2D eigenvalue weighted by molar-refractivity contribution is 5.20. The summed E-state index contributed by atoms with van der Waals surface area (Å²) < 4.78 is 0. The van der Waals surface area contributed by atoms with Gasteiger partial charge in [-0.05, 0) is 38.2 Å². The van der Waals surface area contributed by atoms with Crippen LogP contribution in [-0.2, 0) is 4.84 Å². The minimum absolute atomic E-state index is 0.557. The first-order chi connectivity index (χ1) is 6.24. The molecule has 0 saturated carbocycles. The Bertz CT molecular complexity index is 218. The first-order valence-corrected chi connectivity index (χ1v) is 4.97. The van der Waals surface area contributed by atoms with Gasteiger partial charge < -0.3 is 0 Å². The van der Waals surface area contributed by atoms with Gasteiger partial charge in [0.25, 0.3) is 0 Å². The van der Waals surface area contributed by atoms with E-state index in [4.69, 9.17) is 4.84 Å². The van der Waals surface area contributed by atoms with Crippen molar-refractivity contribution in [1.29, 1.82) is 0 Å². The maximum absolute atomic E-state index is 5.06. The van der Waals surface area contributed by atoms with Crippen molar-refractivity contribution < 1.29 is 4.84 Å². The van der Waals surface area contributed by atoms with Gasteiger partial charge in [-0.25, -0.2) is 0 Å². The van der Waals surface area contributed by atoms with Crippen LogP contribution in [0.1, 0.15) is 33.6 Å². The molecule has 0 aliphatic heterocycles. The fourth-order valence-electron chi connectivity index (χ4n) is 1.59. The minimum Gasteiger partial charge on any atom is -0.277 e. The Balaban J connectivity index is 2.47. The molecule has 1 unspecified atom stereocenters. The molecule has 2 heteroatoms. The number of hydrogen-bond acceptors (Lipinski definition) is 2. The first-order valence-electron chi connectivity index (χ1n) is 4.97. The Kier molecular flexibility index (Phi) is 4.03. The van der Waals surface area contributed by atoms with Crippen LogP contribution in [-0.4, -0.2) is 6.61 Å². The van der Waals surface area contributed by atoms with Gasteiger partial charge in [0.2, 0.25) is 0 Å². The zero-order chi connectivity index (χ0) is 9.68. The van der Waals surface area contributed by atoms with Crippen LogP contribution >= 0.6 is 0 Å². The smallest absolute Gasteiger partial charge is 0.0717 e. The van der Waals surface area contributed by atoms with Gasteiger partial charge in [-0.2, -0.15) is 0 Å². The molecule has 1 rings (SSSR count). The van der Waals surface area contributed by atoms with Crippen LogP contribution < -0.4 is 5.48 Å². The van der Waals surface area contributed by atoms with E-state index in [1.54, 1.807) is 0 Å². The van der Waals surface area contributed by atoms with Crippen LogP contribution in [0.25, 0.3) is 0 Å². The standard InChI is InChI=1S/C11H19NO/c1-4-13-12-8-11-6-5-9(2)7-10(11)3/h7-8,10,12H,4-6H2,1-3H3. The summed E-state index contributed by atoms with van der Waals surface area (Å²) >= 11 is 0. The van der Waals surface area contributed by atoms with E-state index in [1.165, 1.54) is 17.6 Å². The maximum atomic E-state index is 5.06. The van der Waals surface area contributed by atoms with Crippen molar-refractivity contribution in [2.45, 2.75) is 33.6 Å². The van der Waals surface area contributed by atoms with E-state index in [9.17, 15) is 0 Å². The van der Waals surface area contributed by atoms with Gasteiger partial charge in [0.1, 0.15) is 0 Å². The molecule has 1 aliphatic rings. The summed E-state index contributed by atoms with van der Waals surface area (Å²) in [5, 5.41) is 0. The molecule has 1 atom stereocenters. The number of allylic oxidation sites excluding steroid dienone is 3. The van der Waals surface area contributed by atoms with Crippen LogP contribution in [0, 0.1) is 5.92 Å². The van der Waals surface area contributed by atoms with Crippen molar-refractivity contribution in [2.75, 3.05) is 6.61 Å². The van der Waals surface area contributed by atoms with Gasteiger partial charge in [-0.3, -0.25) is 10.3 Å². The monoisotopic (exact) mass is 181 g/mol. The van der Waals surface area contributed by atoms with Gasteiger partial charge in [-0.15, -0.1) is 0 Å². The zero-order valence-corrected chi connectivity index (χ0v) is 8.76. The molecule has 0 aromatic rings. The fraction of sp³-hybridized carbons (Fsp3) is 0.636. The molecule has 0 fully saturated rings. The molecule has 0 aromatic carbocycles. The average Bonchev–Trinajstić information content (AvgIpc) is 2.09. The van der Waals surface area contributed by atoms with Gasteiger partial charge in [0.05, 0.1) is 6.61 Å². The third-order valence-electron chi connectivity index (χ3n) is 2.40. The van der Waals surface area contributed by atoms with Crippen molar-refractivity contribution in [2.24, 2.45) is 5.92 Å². The molecular formula is C11H19NO. The SMILES string of the molecule is CCONC=C1CCC(C)=CC1C. The molecule has 0 saturated heterocycles. The highest BCUT2D eigenvalue weighted by Crippen LogP contribution is 2.26. The average molecular weight is 181 g/mol. The normalized spacial score (nSPS) is 25.9. The van der Waals surface area contributed by atoms with Gasteiger partial charge in [0.15, 0.2) is 0 Å². The topological polar surface area (TPSA) is 21.3 Å². The van der Waals surface area contributed by atoms with E-state index in [0.29, 0.717) is 12.5 Å². The van der Waals surface area contributed by atoms with Gasteiger partial charge in [-0.1, -0.05) is 18.6 Å². The lowest BCUT2D eigenvalue weighted by atomic mass is 9.88. The Labute approximate surface area is 80.6 Å². The number of hydrogen-bond donors (Lipinski definition) is 1. The van der Waals surface area contributed by atoms with Gasteiger partial charge >= 0.3 is 0 Å². The lowest BCUT2D eigenvalue weighted by Gasteiger charge is -2.19. The number of nitrogens with one attached hydrogen (secondary N) is 1. The van der Waals surface area contributed by atoms with Crippen LogP contribution in [0.4, 0.5) is 0 Å². The van der Waals surface area contributed by atoms with Crippen LogP contribution in [0.2, 0.25) is 0 Å². The van der Waals surface area contributed by atoms with Crippen LogP contribution in [0.3, 0.4) is 0 Å². The number of rotatable bonds is 3. The summed E-state index contributed by atoms with van der Waals surface area (Å²) in [4.78, 5) is 5.06. The molecule has 2 nitrogen and oxygen atoms in total. The number of hydroxylamine groups is 1. The predicted octanol–water partition coefficient (Wildman–Crippen LogP) is 2.79. The third-order valence-corrected chi connectivity index (χ3v) is 2.40. The molecule has 0 aromatic heterocycles. The molecule has 0 amide bonds. The summed E-state index contributed by atoms with van der Waals surface area (Å²) in [5.74, 6) is 0.557. The molecule has 0 radical (unpaired) electrons. The predicted molar refractivity (Wildman–Crippen MR) is 55.0 cm³/mol. The molecule has 13 heavy (non-hydrogen) atoms. The van der Waals surface area contributed by atoms with Crippen molar-refractivity contribution >= 4 is 0 Å². The zero-order valence-electron chi connectivity index (χ0n) is 8.76. The van der Waals surface area contributed by atoms with Crippen LogP contribution in [0.5, 0.6) is 0 Å². The summed E-state index contributed by atoms with van der Waals surface area (Å²) in [6.45, 7) is 7.10. The molecule has 0 heterocycles. The van der Waals surface area contributed by atoms with E-state index < -0.39 is 0 Å². The van der Waals surface area contributed by atoms with Crippen molar-refractivity contribution in [3.8, 4) is 0 Å². The summed E-state index contributed by atoms with van der Waals surface area (Å²) in [6, 6.07) is 0. The fourth-order valence-corrected chi connectivity index (χ4v) is 1.59. The largest absolute Gasteiger partial charge is 0.277 e. The molecule has 0 spiro atoms. The van der Waals surface area contributed by atoms with E-state index in [0.717, 1.165) is 6.42 Å². The lowest BCUT2D eigenvalue weighted by molar-refractivity contribution is 0.0814. The first kappa shape index (κ1) is 10.3. The van der Waals surface area contributed by atoms with E-state index in [-0.39, 0.29) is 0 Å². The highest BCUT2D eigenvalue weighted by atomic mass is 16.6. The summed E-state index contributed by atoms with van der Waals surface area (Å²) in [7, 11) is 0. The minimum atomic E-state index is 0.557. The van der Waals surface area contributed by atoms with Crippen molar-refractivity contribution in [3.05, 3.63) is 23.4 Å². The Hall–Kier alpha value is -0.760. The molecule has 1 N–H and O–H groups in total. The van der Waals surface area contributed by atoms with E-state index >= 15 is 0 Å². The summed E-state index contributed by atoms with van der Waals surface area (Å²) in [5.41, 5.74) is 5.79. The summed E-state index contributed by atoms with van der Waals surface area (Å²) in [6.07, 6.45) is 6.66. The molecule has 74 valence electrons. The van der Waals surface area contributed by atoms with E-state index in [2.05, 4.69) is 25.4 Å². The Morgan fingerprint density at radius 1 is 1.62 bits per heavy atom. The third kappa shape index (κ3) is 3.23. The van der Waals surface area contributed by atoms with Crippen molar-refractivity contribution in [3.63, 3.8) is 0 Å². The molecule has 1 aliphatic carbocycles. The Morgan fingerprint density at radius 2 is 2.38 bits per heavy atom. The highest BCUT2D eigenvalue weighted by Gasteiger charge is 2.11. The molecular weight excluding hydrogens is 162 g/mol.